The Kier molecular flexibility index (Phi) is 4.25. The number of rotatable bonds is 4. The maximum Gasteiger partial charge on any atom is 0.214 e. The van der Waals surface area contributed by atoms with E-state index in [4.69, 9.17) is 11.6 Å². The average Bonchev–Trinajstić information content (AvgIpc) is 3.11. The number of hydrogen-bond donors (Lipinski definition) is 1. The SMILES string of the molecule is Oc1ccc(-n2nnnc2SCc2ccc(Cl)c3cccnc23)cc1. The summed E-state index contributed by atoms with van der Waals surface area (Å²) in [6, 6.07) is 14.4. The molecular weight excluding hydrogens is 358 g/mol. The molecule has 0 atom stereocenters. The lowest BCUT2D eigenvalue weighted by Crippen LogP contribution is -1.99. The lowest BCUT2D eigenvalue weighted by atomic mass is 10.1. The van der Waals surface area contributed by atoms with E-state index >= 15 is 0 Å². The van der Waals surface area contributed by atoms with Gasteiger partial charge in [-0.15, -0.1) is 5.10 Å². The molecule has 0 amide bonds. The van der Waals surface area contributed by atoms with Crippen LogP contribution in [0.5, 0.6) is 5.75 Å². The van der Waals surface area contributed by atoms with Gasteiger partial charge in [0.15, 0.2) is 0 Å². The van der Waals surface area contributed by atoms with E-state index in [1.807, 2.05) is 24.3 Å². The molecule has 1 N–H and O–H groups in total. The number of pyridine rings is 1. The number of fused-ring (bicyclic) bond motifs is 1. The number of halogens is 1. The van der Waals surface area contributed by atoms with Crippen molar-refractivity contribution in [2.75, 3.05) is 0 Å². The van der Waals surface area contributed by atoms with Crippen LogP contribution < -0.4 is 0 Å². The van der Waals surface area contributed by atoms with Gasteiger partial charge in [0.1, 0.15) is 5.75 Å². The van der Waals surface area contributed by atoms with E-state index in [-0.39, 0.29) is 5.75 Å². The topological polar surface area (TPSA) is 76.7 Å². The predicted octanol–water partition coefficient (Wildman–Crippen LogP) is 3.86. The monoisotopic (exact) mass is 369 g/mol. The van der Waals surface area contributed by atoms with Gasteiger partial charge in [-0.05, 0) is 58.5 Å². The normalized spacial score (nSPS) is 11.1. The number of thioether (sulfide) groups is 1. The van der Waals surface area contributed by atoms with Crippen molar-refractivity contribution in [2.45, 2.75) is 10.9 Å². The second-order valence-electron chi connectivity index (χ2n) is 5.28. The summed E-state index contributed by atoms with van der Waals surface area (Å²) in [6.45, 7) is 0. The maximum absolute atomic E-state index is 9.41. The lowest BCUT2D eigenvalue weighted by molar-refractivity contribution is 0.475. The second kappa shape index (κ2) is 6.70. The quantitative estimate of drug-likeness (QED) is 0.550. The Morgan fingerprint density at radius 3 is 2.76 bits per heavy atom. The van der Waals surface area contributed by atoms with Gasteiger partial charge in [-0.25, -0.2) is 0 Å². The Morgan fingerprint density at radius 1 is 1.08 bits per heavy atom. The minimum atomic E-state index is 0.199. The maximum atomic E-state index is 9.41. The fourth-order valence-corrected chi connectivity index (χ4v) is 3.57. The molecule has 0 bridgehead atoms. The summed E-state index contributed by atoms with van der Waals surface area (Å²) in [4.78, 5) is 4.45. The molecule has 124 valence electrons. The number of aromatic hydroxyl groups is 1. The number of phenolic OH excluding ortho intramolecular Hbond substituents is 1. The summed E-state index contributed by atoms with van der Waals surface area (Å²) in [7, 11) is 0. The van der Waals surface area contributed by atoms with Gasteiger partial charge in [0, 0.05) is 22.4 Å². The third-order valence-electron chi connectivity index (χ3n) is 3.69. The van der Waals surface area contributed by atoms with Crippen LogP contribution in [0.3, 0.4) is 0 Å². The zero-order valence-electron chi connectivity index (χ0n) is 12.9. The van der Waals surface area contributed by atoms with E-state index in [9.17, 15) is 5.11 Å². The first-order chi connectivity index (χ1) is 12.2. The van der Waals surface area contributed by atoms with Crippen molar-refractivity contribution in [2.24, 2.45) is 0 Å². The predicted molar refractivity (Wildman–Crippen MR) is 97.1 cm³/mol. The number of aromatic nitrogens is 5. The summed E-state index contributed by atoms with van der Waals surface area (Å²) < 4.78 is 1.63. The van der Waals surface area contributed by atoms with E-state index < -0.39 is 0 Å². The number of hydrogen-bond acceptors (Lipinski definition) is 6. The Hall–Kier alpha value is -2.64. The lowest BCUT2D eigenvalue weighted by Gasteiger charge is -2.07. The molecule has 8 heteroatoms. The minimum absolute atomic E-state index is 0.199. The van der Waals surface area contributed by atoms with Crippen LogP contribution in [-0.2, 0) is 5.75 Å². The van der Waals surface area contributed by atoms with E-state index in [0.29, 0.717) is 15.9 Å². The summed E-state index contributed by atoms with van der Waals surface area (Å²) in [6.07, 6.45) is 1.76. The first-order valence-electron chi connectivity index (χ1n) is 7.45. The second-order valence-corrected chi connectivity index (χ2v) is 6.63. The van der Waals surface area contributed by atoms with Crippen LogP contribution >= 0.6 is 23.4 Å². The van der Waals surface area contributed by atoms with Crippen molar-refractivity contribution in [1.29, 1.82) is 0 Å². The van der Waals surface area contributed by atoms with Crippen molar-refractivity contribution in [3.05, 3.63) is 65.3 Å². The molecule has 2 aromatic heterocycles. The van der Waals surface area contributed by atoms with E-state index in [0.717, 1.165) is 22.2 Å². The van der Waals surface area contributed by atoms with Crippen molar-refractivity contribution in [1.82, 2.24) is 25.2 Å². The van der Waals surface area contributed by atoms with Crippen LogP contribution in [0.4, 0.5) is 0 Å². The van der Waals surface area contributed by atoms with Gasteiger partial charge in [0.2, 0.25) is 5.16 Å². The number of benzene rings is 2. The number of nitrogens with zero attached hydrogens (tertiary/aromatic N) is 5. The zero-order chi connectivity index (χ0) is 17.2. The minimum Gasteiger partial charge on any atom is -0.508 e. The first kappa shape index (κ1) is 15.9. The molecule has 0 aliphatic carbocycles. The molecule has 0 saturated heterocycles. The molecule has 4 rings (SSSR count). The average molecular weight is 370 g/mol. The zero-order valence-corrected chi connectivity index (χ0v) is 14.4. The first-order valence-corrected chi connectivity index (χ1v) is 8.81. The molecule has 2 heterocycles. The molecule has 0 aliphatic heterocycles. The molecule has 0 saturated carbocycles. The van der Waals surface area contributed by atoms with Gasteiger partial charge in [0.05, 0.1) is 11.2 Å². The van der Waals surface area contributed by atoms with E-state index in [2.05, 4.69) is 20.5 Å². The van der Waals surface area contributed by atoms with Crippen molar-refractivity contribution < 1.29 is 5.11 Å². The van der Waals surface area contributed by atoms with Crippen molar-refractivity contribution >= 4 is 34.3 Å². The highest BCUT2D eigenvalue weighted by Crippen LogP contribution is 2.29. The van der Waals surface area contributed by atoms with Crippen LogP contribution in [0.15, 0.2) is 59.9 Å². The van der Waals surface area contributed by atoms with Crippen molar-refractivity contribution in [3.8, 4) is 11.4 Å². The summed E-state index contributed by atoms with van der Waals surface area (Å²) >= 11 is 7.75. The Bertz CT molecular complexity index is 1030. The Labute approximate surface area is 152 Å². The van der Waals surface area contributed by atoms with Gasteiger partial charge in [-0.1, -0.05) is 29.4 Å². The van der Waals surface area contributed by atoms with Gasteiger partial charge >= 0.3 is 0 Å². The van der Waals surface area contributed by atoms with Crippen LogP contribution in [0.25, 0.3) is 16.6 Å². The van der Waals surface area contributed by atoms with Crippen LogP contribution in [0.2, 0.25) is 5.02 Å². The summed E-state index contributed by atoms with van der Waals surface area (Å²) in [5, 5.41) is 23.5. The van der Waals surface area contributed by atoms with Crippen LogP contribution in [0.1, 0.15) is 5.56 Å². The van der Waals surface area contributed by atoms with Gasteiger partial charge in [0.25, 0.3) is 0 Å². The fourth-order valence-electron chi connectivity index (χ4n) is 2.48. The smallest absolute Gasteiger partial charge is 0.214 e. The molecule has 25 heavy (non-hydrogen) atoms. The third-order valence-corrected chi connectivity index (χ3v) is 4.99. The highest BCUT2D eigenvalue weighted by atomic mass is 35.5. The highest BCUT2D eigenvalue weighted by Gasteiger charge is 2.12. The molecular formula is C17H12ClN5OS. The highest BCUT2D eigenvalue weighted by molar-refractivity contribution is 7.98. The molecule has 0 unspecified atom stereocenters. The third kappa shape index (κ3) is 3.16. The van der Waals surface area contributed by atoms with Gasteiger partial charge in [-0.3, -0.25) is 4.98 Å². The molecule has 0 spiro atoms. The number of phenols is 1. The molecule has 2 aromatic carbocycles. The van der Waals surface area contributed by atoms with E-state index in [1.165, 1.54) is 11.8 Å². The number of tetrazole rings is 1. The van der Waals surface area contributed by atoms with Crippen LogP contribution in [0, 0.1) is 0 Å². The fraction of sp³-hybridized carbons (Fsp3) is 0.0588. The largest absolute Gasteiger partial charge is 0.508 e. The Morgan fingerprint density at radius 2 is 1.92 bits per heavy atom. The van der Waals surface area contributed by atoms with Crippen molar-refractivity contribution in [3.63, 3.8) is 0 Å². The van der Waals surface area contributed by atoms with Crippen LogP contribution in [-0.4, -0.2) is 30.3 Å². The molecule has 4 aromatic rings. The molecule has 6 nitrogen and oxygen atoms in total. The standard InChI is InChI=1S/C17H12ClN5OS/c18-15-8-3-11(16-14(15)2-1-9-19-16)10-25-17-20-21-22-23(17)12-4-6-13(24)7-5-12/h1-9,24H,10H2. The molecule has 0 fully saturated rings. The van der Waals surface area contributed by atoms with E-state index in [1.54, 1.807) is 35.1 Å². The summed E-state index contributed by atoms with van der Waals surface area (Å²) in [5.74, 6) is 0.855. The van der Waals surface area contributed by atoms with Gasteiger partial charge in [-0.2, -0.15) is 4.68 Å². The molecule has 0 aliphatic rings. The summed E-state index contributed by atoms with van der Waals surface area (Å²) in [5.41, 5.74) is 2.72. The molecule has 0 radical (unpaired) electrons. The van der Waals surface area contributed by atoms with Gasteiger partial charge < -0.3 is 5.11 Å². The Balaban J connectivity index is 1.62.